The van der Waals surface area contributed by atoms with Gasteiger partial charge in [-0.2, -0.15) is 0 Å². The van der Waals surface area contributed by atoms with Gasteiger partial charge in [0.25, 0.3) is 0 Å². The Labute approximate surface area is 122 Å². The second kappa shape index (κ2) is 7.01. The SMILES string of the molecule is COc1ccc(CC(NN)c2cccnc2OC)cc1F. The van der Waals surface area contributed by atoms with Crippen molar-refractivity contribution in [2.75, 3.05) is 14.2 Å². The molecule has 0 radical (unpaired) electrons. The van der Waals surface area contributed by atoms with Gasteiger partial charge in [0.1, 0.15) is 0 Å². The summed E-state index contributed by atoms with van der Waals surface area (Å²) in [5.41, 5.74) is 4.33. The number of nitrogens with one attached hydrogen (secondary N) is 1. The van der Waals surface area contributed by atoms with Crippen molar-refractivity contribution in [1.29, 1.82) is 0 Å². The molecular formula is C15H18FN3O2. The highest BCUT2D eigenvalue weighted by atomic mass is 19.1. The number of nitrogens with zero attached hydrogens (tertiary/aromatic N) is 1. The summed E-state index contributed by atoms with van der Waals surface area (Å²) in [5, 5.41) is 0. The first kappa shape index (κ1) is 15.2. The molecule has 0 aliphatic heterocycles. The molecule has 0 amide bonds. The minimum absolute atomic E-state index is 0.218. The van der Waals surface area contributed by atoms with Gasteiger partial charge in [0.05, 0.1) is 20.3 Å². The molecule has 0 aliphatic carbocycles. The van der Waals surface area contributed by atoms with Gasteiger partial charge < -0.3 is 9.47 Å². The van der Waals surface area contributed by atoms with E-state index >= 15 is 0 Å². The van der Waals surface area contributed by atoms with Gasteiger partial charge >= 0.3 is 0 Å². The van der Waals surface area contributed by atoms with E-state index in [0.717, 1.165) is 11.1 Å². The zero-order chi connectivity index (χ0) is 15.2. The van der Waals surface area contributed by atoms with E-state index in [0.29, 0.717) is 12.3 Å². The maximum Gasteiger partial charge on any atom is 0.217 e. The number of methoxy groups -OCH3 is 2. The molecule has 1 aromatic heterocycles. The standard InChI is InChI=1S/C15H18FN3O2/c1-20-14-6-5-10(8-12(14)16)9-13(19-17)11-4-3-7-18-15(11)21-2/h3-8,13,19H,9,17H2,1-2H3. The first-order valence-corrected chi connectivity index (χ1v) is 6.47. The predicted octanol–water partition coefficient (Wildman–Crippen LogP) is 1.99. The first-order chi connectivity index (χ1) is 10.2. The number of pyridine rings is 1. The van der Waals surface area contributed by atoms with Crippen molar-refractivity contribution in [3.63, 3.8) is 0 Å². The van der Waals surface area contributed by atoms with Gasteiger partial charge in [0.2, 0.25) is 5.88 Å². The van der Waals surface area contributed by atoms with E-state index in [9.17, 15) is 4.39 Å². The highest BCUT2D eigenvalue weighted by Crippen LogP contribution is 2.26. The molecule has 1 unspecified atom stereocenters. The third-order valence-corrected chi connectivity index (χ3v) is 3.23. The molecule has 5 nitrogen and oxygen atoms in total. The molecular weight excluding hydrogens is 273 g/mol. The molecule has 0 bridgehead atoms. The Balaban J connectivity index is 2.25. The molecule has 21 heavy (non-hydrogen) atoms. The lowest BCUT2D eigenvalue weighted by Gasteiger charge is -2.18. The lowest BCUT2D eigenvalue weighted by Crippen LogP contribution is -2.30. The predicted molar refractivity (Wildman–Crippen MR) is 77.5 cm³/mol. The zero-order valence-corrected chi connectivity index (χ0v) is 12.0. The average molecular weight is 291 g/mol. The molecule has 6 heteroatoms. The molecule has 2 rings (SSSR count). The summed E-state index contributed by atoms with van der Waals surface area (Å²) in [5.74, 6) is 5.93. The van der Waals surface area contributed by atoms with Crippen molar-refractivity contribution in [3.8, 4) is 11.6 Å². The number of rotatable bonds is 6. The van der Waals surface area contributed by atoms with Crippen molar-refractivity contribution in [1.82, 2.24) is 10.4 Å². The van der Waals surface area contributed by atoms with Gasteiger partial charge in [-0.05, 0) is 30.2 Å². The van der Waals surface area contributed by atoms with Gasteiger partial charge in [-0.15, -0.1) is 0 Å². The third kappa shape index (κ3) is 3.48. The fourth-order valence-electron chi connectivity index (χ4n) is 2.17. The van der Waals surface area contributed by atoms with E-state index in [4.69, 9.17) is 15.3 Å². The van der Waals surface area contributed by atoms with E-state index in [1.807, 2.05) is 6.07 Å². The van der Waals surface area contributed by atoms with Crippen molar-refractivity contribution in [2.45, 2.75) is 12.5 Å². The zero-order valence-electron chi connectivity index (χ0n) is 12.0. The second-order valence-corrected chi connectivity index (χ2v) is 4.49. The molecule has 0 saturated carbocycles. The van der Waals surface area contributed by atoms with Crippen molar-refractivity contribution in [3.05, 3.63) is 53.5 Å². The normalized spacial score (nSPS) is 12.0. The maximum atomic E-state index is 13.7. The van der Waals surface area contributed by atoms with Crippen LogP contribution in [-0.4, -0.2) is 19.2 Å². The van der Waals surface area contributed by atoms with E-state index in [-0.39, 0.29) is 11.8 Å². The number of hydrogen-bond donors (Lipinski definition) is 2. The Kier molecular flexibility index (Phi) is 5.08. The molecule has 112 valence electrons. The number of halogens is 1. The number of ether oxygens (including phenoxy) is 2. The van der Waals surface area contributed by atoms with E-state index in [2.05, 4.69) is 10.4 Å². The molecule has 0 saturated heterocycles. The smallest absolute Gasteiger partial charge is 0.217 e. The topological polar surface area (TPSA) is 69.4 Å². The Hall–Kier alpha value is -2.18. The second-order valence-electron chi connectivity index (χ2n) is 4.49. The van der Waals surface area contributed by atoms with Gasteiger partial charge in [0, 0.05) is 11.8 Å². The van der Waals surface area contributed by atoms with Crippen LogP contribution in [-0.2, 0) is 6.42 Å². The molecule has 0 spiro atoms. The minimum atomic E-state index is -0.399. The Morgan fingerprint density at radius 3 is 2.71 bits per heavy atom. The molecule has 1 heterocycles. The van der Waals surface area contributed by atoms with Crippen LogP contribution in [0.15, 0.2) is 36.5 Å². The van der Waals surface area contributed by atoms with E-state index in [1.54, 1.807) is 31.5 Å². The van der Waals surface area contributed by atoms with Crippen LogP contribution in [0.4, 0.5) is 4.39 Å². The van der Waals surface area contributed by atoms with Crippen molar-refractivity contribution >= 4 is 0 Å². The molecule has 2 aromatic rings. The summed E-state index contributed by atoms with van der Waals surface area (Å²) in [4.78, 5) is 4.14. The first-order valence-electron chi connectivity index (χ1n) is 6.47. The fraction of sp³-hybridized carbons (Fsp3) is 0.267. The largest absolute Gasteiger partial charge is 0.494 e. The van der Waals surface area contributed by atoms with Gasteiger partial charge in [-0.25, -0.2) is 9.37 Å². The van der Waals surface area contributed by atoms with Crippen molar-refractivity contribution < 1.29 is 13.9 Å². The van der Waals surface area contributed by atoms with Crippen LogP contribution in [0, 0.1) is 5.82 Å². The number of hydrazine groups is 1. The van der Waals surface area contributed by atoms with Crippen LogP contribution < -0.4 is 20.7 Å². The highest BCUT2D eigenvalue weighted by molar-refractivity contribution is 5.33. The number of aromatic nitrogens is 1. The van der Waals surface area contributed by atoms with Gasteiger partial charge in [-0.3, -0.25) is 11.3 Å². The Morgan fingerprint density at radius 2 is 2.10 bits per heavy atom. The highest BCUT2D eigenvalue weighted by Gasteiger charge is 2.17. The Bertz CT molecular complexity index is 607. The fourth-order valence-corrected chi connectivity index (χ4v) is 2.17. The van der Waals surface area contributed by atoms with Crippen LogP contribution >= 0.6 is 0 Å². The summed E-state index contributed by atoms with van der Waals surface area (Å²) < 4.78 is 23.9. The molecule has 0 fully saturated rings. The van der Waals surface area contributed by atoms with E-state index < -0.39 is 5.82 Å². The lowest BCUT2D eigenvalue weighted by molar-refractivity contribution is 0.381. The summed E-state index contributed by atoms with van der Waals surface area (Å²) in [6.07, 6.45) is 2.14. The molecule has 0 aliphatic rings. The summed E-state index contributed by atoms with van der Waals surface area (Å²) in [7, 11) is 2.98. The quantitative estimate of drug-likeness (QED) is 0.629. The summed E-state index contributed by atoms with van der Waals surface area (Å²) in [6, 6.07) is 8.27. The van der Waals surface area contributed by atoms with Crippen LogP contribution in [0.2, 0.25) is 0 Å². The van der Waals surface area contributed by atoms with E-state index in [1.165, 1.54) is 13.2 Å². The van der Waals surface area contributed by atoms with Crippen LogP contribution in [0.25, 0.3) is 0 Å². The van der Waals surface area contributed by atoms with Crippen molar-refractivity contribution in [2.24, 2.45) is 5.84 Å². The van der Waals surface area contributed by atoms with Crippen LogP contribution in [0.5, 0.6) is 11.6 Å². The van der Waals surface area contributed by atoms with Gasteiger partial charge in [0.15, 0.2) is 11.6 Å². The number of nitrogens with two attached hydrogens (primary N) is 1. The monoisotopic (exact) mass is 291 g/mol. The lowest BCUT2D eigenvalue weighted by atomic mass is 10.00. The van der Waals surface area contributed by atoms with Gasteiger partial charge in [-0.1, -0.05) is 12.1 Å². The summed E-state index contributed by atoms with van der Waals surface area (Å²) >= 11 is 0. The van der Waals surface area contributed by atoms with Crippen LogP contribution in [0.3, 0.4) is 0 Å². The maximum absolute atomic E-state index is 13.7. The summed E-state index contributed by atoms with van der Waals surface area (Å²) in [6.45, 7) is 0. The molecule has 1 atom stereocenters. The van der Waals surface area contributed by atoms with Crippen LogP contribution in [0.1, 0.15) is 17.2 Å². The minimum Gasteiger partial charge on any atom is -0.494 e. The third-order valence-electron chi connectivity index (χ3n) is 3.23. The number of hydrogen-bond acceptors (Lipinski definition) is 5. The number of benzene rings is 1. The Morgan fingerprint density at radius 1 is 1.29 bits per heavy atom. The average Bonchev–Trinajstić information content (AvgIpc) is 2.52. The molecule has 3 N–H and O–H groups in total. The molecule has 1 aromatic carbocycles.